The molecule has 6 heterocycles. The number of carboxylic acids is 2. The van der Waals surface area contributed by atoms with Crippen LogP contribution in [0.25, 0.3) is 16.4 Å². The summed E-state index contributed by atoms with van der Waals surface area (Å²) in [5.41, 5.74) is 52.9. The molecule has 0 spiro atoms. The van der Waals surface area contributed by atoms with Crippen molar-refractivity contribution < 1.29 is 136 Å². The van der Waals surface area contributed by atoms with Crippen molar-refractivity contribution in [3.05, 3.63) is 84.1 Å². The molecule has 22 N–H and O–H groups in total. The molecule has 1 aromatic heterocycles. The molecule has 2 radical (unpaired) electrons. The maximum absolute atomic E-state index is 13.4. The molecule has 1 aromatic carbocycles. The van der Waals surface area contributed by atoms with Gasteiger partial charge in [0.2, 0.25) is 41.4 Å². The number of nitrogens with two attached hydrogens (primary N) is 7. The minimum Gasteiger partial charge on any atom is -0.358 e. The maximum Gasteiger partial charge on any atom is 2.00 e. The minimum absolute atomic E-state index is 0. The van der Waals surface area contributed by atoms with Crippen LogP contribution >= 0.6 is 30.4 Å². The number of rotatable bonds is 28. The van der Waals surface area contributed by atoms with Crippen LogP contribution in [0, 0.1) is 74.0 Å². The molecule has 11 atom stereocenters. The number of allylic oxidation sites excluding steroid dienone is 6. The molecule has 7 rings (SSSR count). The van der Waals surface area contributed by atoms with Gasteiger partial charge >= 0.3 is 143 Å². The SMILES string of the molecule is CC1=C2N=C(C=C3N=C(C(C)=C4[N-][C@@](C)(C5N=C1[C@](C)(CCC(N)=O)[C@H]5CC(N)=O)[C@@](C)(CC(N)=O)[C@@H]4CCC(N)=O)[C@@](C)(CC(N)=O)[C@@H]3CCC(N)=O)C(C)(C)[C@@H]2CCC(N)=O.C[As+](C)(C)CC(=O)[O-].C[As](C)(=O)O.Cc1cc2ncn(CO[C@H](CO)[C@H](C)OP(=O)(O)O)c2cc1C.O=C(O)CI.O[As](O)O.[CH3-].[CH3-].[Co+2].[Co]. The number of alkyl halides is 1. The standard InChI is InChI=1S/C45H67N11O7.C14H21N2O6P.C5H11AsO2.C2H7AsO2.C2H3IO2.2CH3.AsH3O3.2Co/c1-21-36-24(10-13-30(47)58)41(3,4)28(54-36)18-27-23(9-12-29(46)57)43(6,19-34(51)62)39(53-27)22(2)37-25(11-14-31(48)59)44(7,20-35(52)63)45(8,56-37)40-26(17-33(50)61)42(5,38(21)55-40)16-15-32(49)60;1-9-4-12-13(5-10(9)2)16(7-15-12)8-21-14(6-17)11(3)22-23(18,19)20;1-6(2,3)4-5(7)8;1-3(2,4)5;3-1-2(4)5;;;2-1(3)4;;/h18,23-26,40H,9-17,19-20H2,1-8H3,(H15,46,47,48,49,50,51,52,53,54,55,56,57,58,59,60,61,62,63);4-5,7,11,14,17H,6,8H2,1-3H3,(H2,18,19,20);4H2,1-3H3;1-2H3,(H,4,5);1H2,(H,4,5);2*1H3;2-4H;;/q;;;;;2*-1;;;+2/p-1/t23-,24-,25-,26+,40?,42-,43+,44+,45+;11-,14+;;;;;;;;/m10......../s1. The molecule has 0 saturated carbocycles. The number of fused-ring (bicyclic) bond motifs is 7. The predicted octanol–water partition coefficient (Wildman–Crippen LogP) is 3.53. The van der Waals surface area contributed by atoms with Crippen molar-refractivity contribution in [3.63, 3.8) is 0 Å². The van der Waals surface area contributed by atoms with Crippen LogP contribution in [0.1, 0.15) is 144 Å². The Balaban J connectivity index is -0.00000197. The number of phosphoric ester groups is 1. The molecule has 1 unspecified atom stereocenters. The summed E-state index contributed by atoms with van der Waals surface area (Å²) in [6.07, 6.45) is 1.68. The average molecular weight is 1990 g/mol. The summed E-state index contributed by atoms with van der Waals surface area (Å²) in [5, 5.41) is 32.9. The molecule has 35 nitrogen and oxygen atoms in total. The summed E-state index contributed by atoms with van der Waals surface area (Å²) in [6, 6.07) is 3.07. The van der Waals surface area contributed by atoms with E-state index in [4.69, 9.17) is 96.4 Å². The van der Waals surface area contributed by atoms with Crippen LogP contribution < -0.4 is 45.2 Å². The van der Waals surface area contributed by atoms with Crippen LogP contribution in [-0.4, -0.2) is 194 Å². The largest absolute Gasteiger partial charge is 2.00 e. The first kappa shape index (κ1) is 111. The number of primary amides is 7. The molecule has 1 saturated heterocycles. The van der Waals surface area contributed by atoms with Crippen LogP contribution in [0.4, 0.5) is 0 Å². The van der Waals surface area contributed by atoms with E-state index in [-0.39, 0.29) is 124 Å². The van der Waals surface area contributed by atoms with Crippen molar-refractivity contribution in [2.24, 2.45) is 100 Å². The van der Waals surface area contributed by atoms with Gasteiger partial charge in [-0.05, 0) is 118 Å². The molecule has 0 aliphatic carbocycles. The number of aliphatic hydroxyl groups is 1. The fourth-order valence-electron chi connectivity index (χ4n) is 14.4. The number of carbonyl (C=O) groups excluding carboxylic acids is 8. The molecule has 5 aliphatic heterocycles. The van der Waals surface area contributed by atoms with Crippen molar-refractivity contribution >= 4 is 155 Å². The third-order valence-electron chi connectivity index (χ3n) is 19.8. The van der Waals surface area contributed by atoms with E-state index in [1.54, 1.807) is 33.5 Å². The Morgan fingerprint density at radius 1 is 0.750 bits per heavy atom. The zero-order chi connectivity index (χ0) is 83.7. The van der Waals surface area contributed by atoms with Crippen molar-refractivity contribution in [3.8, 4) is 0 Å². The molecule has 7 amide bonds. The Kier molecular flexibility index (Phi) is 45.9. The van der Waals surface area contributed by atoms with Gasteiger partial charge in [0, 0.05) is 124 Å². The normalized spacial score (nSPS) is 23.7. The summed E-state index contributed by atoms with van der Waals surface area (Å²) in [7, 11) is -4.63. The van der Waals surface area contributed by atoms with Gasteiger partial charge in [0.1, 0.15) is 12.8 Å². The number of aromatic nitrogens is 2. The fourth-order valence-corrected chi connectivity index (χ4v) is 16.6. The van der Waals surface area contributed by atoms with Crippen LogP contribution in [0.15, 0.2) is 67.8 Å². The number of aliphatic hydroxyl groups excluding tert-OH is 1. The number of carbonyl (C=O) groups is 9. The van der Waals surface area contributed by atoms with Gasteiger partial charge in [-0.3, -0.25) is 57.9 Å². The summed E-state index contributed by atoms with van der Waals surface area (Å²) in [6.45, 7) is 20.3. The summed E-state index contributed by atoms with van der Waals surface area (Å²) >= 11 is -6.21. The van der Waals surface area contributed by atoms with E-state index in [0.29, 0.717) is 57.0 Å². The van der Waals surface area contributed by atoms with Gasteiger partial charge < -0.3 is 89.6 Å². The minimum atomic E-state index is -4.63. The van der Waals surface area contributed by atoms with E-state index in [0.717, 1.165) is 22.2 Å². The van der Waals surface area contributed by atoms with Gasteiger partial charge in [0.05, 0.1) is 34.5 Å². The predicted molar refractivity (Wildman–Crippen MR) is 428 cm³/mol. The van der Waals surface area contributed by atoms with Gasteiger partial charge in [-0.2, -0.15) is 5.70 Å². The zero-order valence-electron chi connectivity index (χ0n) is 66.8. The smallest absolute Gasteiger partial charge is 0.358 e. The topological polar surface area (TPSA) is 642 Å². The number of aliphatic imine (C=N–C) groups is 3. The Bertz CT molecular complexity index is 3960. The third kappa shape index (κ3) is 32.2. The average Bonchev–Trinajstić information content (AvgIpc) is 1.53. The summed E-state index contributed by atoms with van der Waals surface area (Å²) < 4.78 is 62.8. The number of aryl methyl sites for hydroxylation is 2. The van der Waals surface area contributed by atoms with E-state index >= 15 is 0 Å². The van der Waals surface area contributed by atoms with Gasteiger partial charge in [0.25, 0.3) is 0 Å². The Morgan fingerprint density at radius 3 is 1.62 bits per heavy atom. The van der Waals surface area contributed by atoms with E-state index in [2.05, 4.69) is 9.51 Å². The summed E-state index contributed by atoms with van der Waals surface area (Å²) in [4.78, 5) is 147. The monoisotopic (exact) mass is 1990 g/mol. The number of phosphoric acid groups is 1. The molecule has 1 fully saturated rings. The molecular weight excluding hydrogens is 1880 g/mol. The van der Waals surface area contributed by atoms with Crippen molar-refractivity contribution in [2.45, 2.75) is 211 Å². The number of nitrogens with zero attached hydrogens (tertiary/aromatic N) is 6. The second-order valence-electron chi connectivity index (χ2n) is 30.3. The zero-order valence-corrected chi connectivity index (χ0v) is 77.6. The van der Waals surface area contributed by atoms with Crippen molar-refractivity contribution in [1.29, 1.82) is 0 Å². The van der Waals surface area contributed by atoms with Crippen LogP contribution in [0.2, 0.25) is 33.8 Å². The molecule has 5 aliphatic rings. The number of halogens is 1. The summed E-state index contributed by atoms with van der Waals surface area (Å²) in [5.74, 6) is -8.18. The van der Waals surface area contributed by atoms with E-state index in [1.165, 1.54) is 18.3 Å². The second kappa shape index (κ2) is 46.3. The number of hydrogen-bond acceptors (Lipinski definition) is 22. The molecular formula is C70H117As3Co2IN13O22P-. The Morgan fingerprint density at radius 2 is 1.21 bits per heavy atom. The molecule has 2 aromatic rings. The van der Waals surface area contributed by atoms with E-state index in [9.17, 15) is 61.7 Å². The van der Waals surface area contributed by atoms with Crippen molar-refractivity contribution in [1.82, 2.24) is 9.55 Å². The third-order valence-corrected chi connectivity index (χ3v) is 23.6. The number of imidazole rings is 1. The molecule has 640 valence electrons. The van der Waals surface area contributed by atoms with Gasteiger partial charge in [-0.25, -0.2) is 9.55 Å². The van der Waals surface area contributed by atoms with Gasteiger partial charge in [-0.15, -0.1) is 0 Å². The van der Waals surface area contributed by atoms with Gasteiger partial charge in [-0.1, -0.05) is 69.7 Å². The first-order valence-electron chi connectivity index (χ1n) is 34.1. The first-order chi connectivity index (χ1) is 49.2. The number of carboxylic acid groups (broad SMARTS) is 2. The number of aliphatic carboxylic acids is 2. The van der Waals surface area contributed by atoms with Crippen molar-refractivity contribution in [2.75, 3.05) is 11.0 Å². The van der Waals surface area contributed by atoms with Gasteiger partial charge in [0.15, 0.2) is 0 Å². The van der Waals surface area contributed by atoms with E-state index < -0.39 is 180 Å². The molecule has 8 bridgehead atoms. The van der Waals surface area contributed by atoms with Crippen LogP contribution in [-0.2, 0) is 101 Å². The molecule has 42 heteroatoms. The number of amides is 7. The maximum atomic E-state index is 13.4. The Labute approximate surface area is 701 Å². The van der Waals surface area contributed by atoms with Crippen LogP contribution in [0.5, 0.6) is 0 Å². The quantitative estimate of drug-likeness (QED) is 0.0190. The molecule has 112 heavy (non-hydrogen) atoms. The first-order valence-corrected chi connectivity index (χ1v) is 52.0. The second-order valence-corrected chi connectivity index (χ2v) is 49.1. The fraction of sp³-hybridized carbons (Fsp3) is 0.614. The Hall–Kier alpha value is -4.96. The van der Waals surface area contributed by atoms with E-state index in [1.807, 2.05) is 105 Å². The number of hydrogen-bond donors (Lipinski definition) is 15. The number of ether oxygens (including phenoxy) is 1. The van der Waals surface area contributed by atoms with Crippen LogP contribution in [0.3, 0.4) is 0 Å². The number of benzene rings is 1.